The highest BCUT2D eigenvalue weighted by atomic mass is 32.2. The van der Waals surface area contributed by atoms with E-state index in [1.165, 1.54) is 19.3 Å². The maximum absolute atomic E-state index is 5.26. The van der Waals surface area contributed by atoms with Gasteiger partial charge < -0.3 is 10.1 Å². The van der Waals surface area contributed by atoms with Crippen molar-refractivity contribution in [2.24, 2.45) is 5.41 Å². The standard InChI is InChI=1S/C12H23NOS/c1-12(2)5-4-10(13-3)11(6-12)15-9-7-14-8-9/h9-11,13H,4-8H2,1-3H3. The molecule has 2 rings (SSSR count). The Labute approximate surface area is 97.5 Å². The van der Waals surface area contributed by atoms with E-state index in [0.29, 0.717) is 11.5 Å². The molecule has 0 aromatic carbocycles. The van der Waals surface area contributed by atoms with Crippen LogP contribution in [-0.2, 0) is 4.74 Å². The third-order valence-corrected chi connectivity index (χ3v) is 5.18. The van der Waals surface area contributed by atoms with E-state index < -0.39 is 0 Å². The summed E-state index contributed by atoms with van der Waals surface area (Å²) in [5, 5.41) is 5.03. The first-order chi connectivity index (χ1) is 7.11. The molecule has 2 unspecified atom stereocenters. The van der Waals surface area contributed by atoms with Gasteiger partial charge in [0, 0.05) is 11.3 Å². The van der Waals surface area contributed by atoms with E-state index in [4.69, 9.17) is 4.74 Å². The van der Waals surface area contributed by atoms with Crippen LogP contribution in [0.4, 0.5) is 0 Å². The van der Waals surface area contributed by atoms with Gasteiger partial charge in [-0.25, -0.2) is 0 Å². The third-order valence-electron chi connectivity index (χ3n) is 3.68. The van der Waals surface area contributed by atoms with Crippen molar-refractivity contribution in [3.8, 4) is 0 Å². The van der Waals surface area contributed by atoms with Gasteiger partial charge in [0.2, 0.25) is 0 Å². The second-order valence-electron chi connectivity index (χ2n) is 5.64. The Balaban J connectivity index is 1.90. The third kappa shape index (κ3) is 2.89. The van der Waals surface area contributed by atoms with Crippen molar-refractivity contribution >= 4 is 11.8 Å². The summed E-state index contributed by atoms with van der Waals surface area (Å²) in [6, 6.07) is 0.712. The summed E-state index contributed by atoms with van der Waals surface area (Å²) < 4.78 is 5.26. The van der Waals surface area contributed by atoms with E-state index in [1.807, 2.05) is 0 Å². The molecule has 1 saturated carbocycles. The molecule has 1 heterocycles. The summed E-state index contributed by atoms with van der Waals surface area (Å²) in [6.07, 6.45) is 4.03. The van der Waals surface area contributed by atoms with E-state index in [9.17, 15) is 0 Å². The molecule has 2 aliphatic rings. The van der Waals surface area contributed by atoms with Crippen molar-refractivity contribution < 1.29 is 4.74 Å². The lowest BCUT2D eigenvalue weighted by Crippen LogP contribution is -2.45. The van der Waals surface area contributed by atoms with Crippen molar-refractivity contribution in [3.63, 3.8) is 0 Å². The van der Waals surface area contributed by atoms with Crippen LogP contribution in [0.15, 0.2) is 0 Å². The molecule has 0 bridgehead atoms. The van der Waals surface area contributed by atoms with E-state index >= 15 is 0 Å². The van der Waals surface area contributed by atoms with E-state index in [1.54, 1.807) is 0 Å². The molecule has 0 aromatic rings. The van der Waals surface area contributed by atoms with Gasteiger partial charge in [-0.2, -0.15) is 0 Å². The van der Waals surface area contributed by atoms with Crippen molar-refractivity contribution in [3.05, 3.63) is 0 Å². The van der Waals surface area contributed by atoms with Gasteiger partial charge >= 0.3 is 0 Å². The summed E-state index contributed by atoms with van der Waals surface area (Å²) in [5.41, 5.74) is 0.537. The van der Waals surface area contributed by atoms with E-state index in [-0.39, 0.29) is 0 Å². The lowest BCUT2D eigenvalue weighted by atomic mass is 9.75. The Hall–Kier alpha value is 0.270. The Morgan fingerprint density at radius 1 is 1.33 bits per heavy atom. The molecule has 0 aromatic heterocycles. The fourth-order valence-corrected chi connectivity index (χ4v) is 4.39. The average Bonchev–Trinajstić information content (AvgIpc) is 2.10. The molecule has 1 aliphatic heterocycles. The SMILES string of the molecule is CNC1CCC(C)(C)CC1SC1COC1. The van der Waals surface area contributed by atoms with Crippen LogP contribution >= 0.6 is 11.8 Å². The van der Waals surface area contributed by atoms with Gasteiger partial charge in [-0.15, -0.1) is 11.8 Å². The largest absolute Gasteiger partial charge is 0.379 e. The highest BCUT2D eigenvalue weighted by Crippen LogP contribution is 2.42. The minimum atomic E-state index is 0.537. The smallest absolute Gasteiger partial charge is 0.0608 e. The van der Waals surface area contributed by atoms with Gasteiger partial charge in [-0.05, 0) is 31.7 Å². The minimum Gasteiger partial charge on any atom is -0.379 e. The Bertz CT molecular complexity index is 216. The zero-order chi connectivity index (χ0) is 10.9. The highest BCUT2D eigenvalue weighted by Gasteiger charge is 2.36. The van der Waals surface area contributed by atoms with Gasteiger partial charge in [0.15, 0.2) is 0 Å². The first-order valence-electron chi connectivity index (χ1n) is 6.01. The van der Waals surface area contributed by atoms with Crippen LogP contribution in [0.5, 0.6) is 0 Å². The fraction of sp³-hybridized carbons (Fsp3) is 1.00. The molecule has 1 saturated heterocycles. The first-order valence-corrected chi connectivity index (χ1v) is 6.95. The van der Waals surface area contributed by atoms with Crippen LogP contribution in [0.25, 0.3) is 0 Å². The molecule has 15 heavy (non-hydrogen) atoms. The summed E-state index contributed by atoms with van der Waals surface area (Å²) in [6.45, 7) is 6.75. The molecule has 3 heteroatoms. The first kappa shape index (κ1) is 11.7. The topological polar surface area (TPSA) is 21.3 Å². The van der Waals surface area contributed by atoms with Crippen LogP contribution in [0.3, 0.4) is 0 Å². The molecule has 0 spiro atoms. The molecule has 0 amide bonds. The summed E-state index contributed by atoms with van der Waals surface area (Å²) in [7, 11) is 2.10. The normalized spacial score (nSPS) is 36.2. The second-order valence-corrected chi connectivity index (χ2v) is 7.18. The number of nitrogens with one attached hydrogen (secondary N) is 1. The predicted molar refractivity (Wildman–Crippen MR) is 66.5 cm³/mol. The van der Waals surface area contributed by atoms with E-state index in [2.05, 4.69) is 38.0 Å². The van der Waals surface area contributed by atoms with Gasteiger partial charge in [0.05, 0.1) is 18.5 Å². The quantitative estimate of drug-likeness (QED) is 0.802. The van der Waals surface area contributed by atoms with Crippen LogP contribution in [0, 0.1) is 5.41 Å². The zero-order valence-corrected chi connectivity index (χ0v) is 10.9. The summed E-state index contributed by atoms with van der Waals surface area (Å²) >= 11 is 2.15. The maximum atomic E-state index is 5.26. The molecule has 2 atom stereocenters. The Morgan fingerprint density at radius 3 is 2.60 bits per heavy atom. The molecular weight excluding hydrogens is 206 g/mol. The van der Waals surface area contributed by atoms with Gasteiger partial charge in [-0.1, -0.05) is 13.8 Å². The number of hydrogen-bond donors (Lipinski definition) is 1. The molecular formula is C12H23NOS. The van der Waals surface area contributed by atoms with Gasteiger partial charge in [0.25, 0.3) is 0 Å². The van der Waals surface area contributed by atoms with E-state index in [0.717, 1.165) is 23.7 Å². The monoisotopic (exact) mass is 229 g/mol. The Morgan fingerprint density at radius 2 is 2.07 bits per heavy atom. The molecule has 2 fully saturated rings. The van der Waals surface area contributed by atoms with Crippen LogP contribution in [0.1, 0.15) is 33.1 Å². The summed E-state index contributed by atoms with van der Waals surface area (Å²) in [4.78, 5) is 0. The fourth-order valence-electron chi connectivity index (χ4n) is 2.53. The van der Waals surface area contributed by atoms with Crippen molar-refractivity contribution in [1.29, 1.82) is 0 Å². The van der Waals surface area contributed by atoms with Gasteiger partial charge in [0.1, 0.15) is 0 Å². The van der Waals surface area contributed by atoms with Gasteiger partial charge in [-0.3, -0.25) is 0 Å². The van der Waals surface area contributed by atoms with Crippen molar-refractivity contribution in [2.45, 2.75) is 49.7 Å². The Kier molecular flexibility index (Phi) is 3.63. The lowest BCUT2D eigenvalue weighted by molar-refractivity contribution is 0.0448. The number of ether oxygens (including phenoxy) is 1. The predicted octanol–water partition coefficient (Wildman–Crippen LogP) is 2.29. The van der Waals surface area contributed by atoms with Crippen molar-refractivity contribution in [1.82, 2.24) is 5.32 Å². The van der Waals surface area contributed by atoms with Crippen molar-refractivity contribution in [2.75, 3.05) is 20.3 Å². The minimum absolute atomic E-state index is 0.537. The maximum Gasteiger partial charge on any atom is 0.0608 e. The highest BCUT2D eigenvalue weighted by molar-refractivity contribution is 8.00. The molecule has 1 N–H and O–H groups in total. The summed E-state index contributed by atoms with van der Waals surface area (Å²) in [5.74, 6) is 0. The number of thioether (sulfide) groups is 1. The molecule has 88 valence electrons. The van der Waals surface area contributed by atoms with Crippen LogP contribution in [0.2, 0.25) is 0 Å². The lowest BCUT2D eigenvalue weighted by Gasteiger charge is -2.42. The number of rotatable bonds is 3. The van der Waals surface area contributed by atoms with Crippen LogP contribution < -0.4 is 5.32 Å². The second kappa shape index (κ2) is 4.64. The molecule has 0 radical (unpaired) electrons. The molecule has 1 aliphatic carbocycles. The average molecular weight is 229 g/mol. The number of hydrogen-bond acceptors (Lipinski definition) is 3. The van der Waals surface area contributed by atoms with Crippen LogP contribution in [-0.4, -0.2) is 36.8 Å². The zero-order valence-electron chi connectivity index (χ0n) is 10.1. The molecule has 2 nitrogen and oxygen atoms in total.